The molecule has 2 atom stereocenters. The summed E-state index contributed by atoms with van der Waals surface area (Å²) in [5.41, 5.74) is 1.55. The molecule has 1 aromatic carbocycles. The van der Waals surface area contributed by atoms with Crippen LogP contribution in [0.25, 0.3) is 0 Å². The second-order valence-electron chi connectivity index (χ2n) is 5.62. The van der Waals surface area contributed by atoms with E-state index in [1.165, 1.54) is 12.1 Å². The van der Waals surface area contributed by atoms with E-state index in [-0.39, 0.29) is 17.9 Å². The number of halogens is 1. The van der Waals surface area contributed by atoms with Crippen LogP contribution in [0.4, 0.5) is 14.9 Å². The molecule has 21 heavy (non-hydrogen) atoms. The topological polar surface area (TPSA) is 60.9 Å². The highest BCUT2D eigenvalue weighted by molar-refractivity contribution is 5.95. The molecule has 0 spiro atoms. The predicted molar refractivity (Wildman–Crippen MR) is 74.8 cm³/mol. The molecule has 2 heterocycles. The van der Waals surface area contributed by atoms with Crippen LogP contribution in [0.15, 0.2) is 18.2 Å². The van der Waals surface area contributed by atoms with Crippen molar-refractivity contribution in [1.82, 2.24) is 4.90 Å². The third-order valence-electron chi connectivity index (χ3n) is 4.49. The molecular formula is C15H17FN2O3. The number of urea groups is 1. The van der Waals surface area contributed by atoms with Crippen molar-refractivity contribution in [3.8, 4) is 0 Å². The van der Waals surface area contributed by atoms with Crippen molar-refractivity contribution < 1.29 is 19.1 Å². The Labute approximate surface area is 122 Å². The summed E-state index contributed by atoms with van der Waals surface area (Å²) >= 11 is 0. The highest BCUT2D eigenvalue weighted by Gasteiger charge is 2.40. The number of benzene rings is 1. The maximum absolute atomic E-state index is 13.4. The molecule has 1 N–H and O–H groups in total. The number of nitrogens with zero attached hydrogens (tertiary/aromatic N) is 2. The number of fused-ring (bicyclic) bond motifs is 1. The van der Waals surface area contributed by atoms with Crippen LogP contribution in [0.2, 0.25) is 0 Å². The first-order chi connectivity index (χ1) is 9.99. The molecule has 5 nitrogen and oxygen atoms in total. The van der Waals surface area contributed by atoms with Crippen molar-refractivity contribution in [2.45, 2.75) is 25.8 Å². The average Bonchev–Trinajstić information content (AvgIpc) is 3.01. The highest BCUT2D eigenvalue weighted by atomic mass is 19.1. The Morgan fingerprint density at radius 2 is 2.10 bits per heavy atom. The van der Waals surface area contributed by atoms with Gasteiger partial charge >= 0.3 is 12.0 Å². The minimum absolute atomic E-state index is 0.226. The number of anilines is 1. The summed E-state index contributed by atoms with van der Waals surface area (Å²) in [7, 11) is 0. The van der Waals surface area contributed by atoms with E-state index in [2.05, 4.69) is 0 Å². The number of hydrogen-bond donors (Lipinski definition) is 1. The minimum Gasteiger partial charge on any atom is -0.481 e. The van der Waals surface area contributed by atoms with Gasteiger partial charge in [0.25, 0.3) is 0 Å². The van der Waals surface area contributed by atoms with E-state index < -0.39 is 11.9 Å². The molecule has 2 aliphatic heterocycles. The van der Waals surface area contributed by atoms with Crippen molar-refractivity contribution in [2.24, 2.45) is 5.92 Å². The lowest BCUT2D eigenvalue weighted by Crippen LogP contribution is -2.45. The van der Waals surface area contributed by atoms with Gasteiger partial charge in [-0.05, 0) is 37.5 Å². The molecule has 0 saturated carbocycles. The summed E-state index contributed by atoms with van der Waals surface area (Å²) in [4.78, 5) is 26.9. The first-order valence-corrected chi connectivity index (χ1v) is 7.08. The van der Waals surface area contributed by atoms with Gasteiger partial charge in [-0.2, -0.15) is 0 Å². The van der Waals surface area contributed by atoms with Crippen LogP contribution in [0.5, 0.6) is 0 Å². The largest absolute Gasteiger partial charge is 0.481 e. The summed E-state index contributed by atoms with van der Waals surface area (Å²) < 4.78 is 13.4. The van der Waals surface area contributed by atoms with E-state index in [1.807, 2.05) is 0 Å². The van der Waals surface area contributed by atoms with Gasteiger partial charge in [-0.25, -0.2) is 9.18 Å². The number of aliphatic carboxylic acids is 1. The maximum Gasteiger partial charge on any atom is 0.324 e. The van der Waals surface area contributed by atoms with E-state index in [9.17, 15) is 14.0 Å². The van der Waals surface area contributed by atoms with Crippen LogP contribution in [0.3, 0.4) is 0 Å². The number of carbonyl (C=O) groups excluding carboxylic acids is 1. The number of carbonyl (C=O) groups is 2. The molecule has 1 saturated heterocycles. The molecule has 3 rings (SSSR count). The van der Waals surface area contributed by atoms with E-state index in [1.54, 1.807) is 22.8 Å². The number of rotatable bonds is 1. The van der Waals surface area contributed by atoms with Crippen molar-refractivity contribution in [3.63, 3.8) is 0 Å². The summed E-state index contributed by atoms with van der Waals surface area (Å²) in [6, 6.07) is 3.90. The number of carboxylic acid groups (broad SMARTS) is 1. The van der Waals surface area contributed by atoms with Crippen LogP contribution in [0, 0.1) is 11.7 Å². The molecule has 2 unspecified atom stereocenters. The summed E-state index contributed by atoms with van der Waals surface area (Å²) in [6.45, 7) is 2.70. The Bertz CT molecular complexity index is 605. The SMILES string of the molecule is CC1C(C(=O)O)CCN1C(=O)N1CCc2ccc(F)cc21. The molecule has 1 aromatic rings. The average molecular weight is 292 g/mol. The number of hydrogen-bond acceptors (Lipinski definition) is 2. The molecular weight excluding hydrogens is 275 g/mol. The maximum atomic E-state index is 13.4. The first kappa shape index (κ1) is 13.9. The van der Waals surface area contributed by atoms with E-state index in [4.69, 9.17) is 5.11 Å². The molecule has 0 radical (unpaired) electrons. The number of carboxylic acids is 1. The Morgan fingerprint density at radius 1 is 1.33 bits per heavy atom. The molecule has 112 valence electrons. The van der Waals surface area contributed by atoms with E-state index in [0.717, 1.165) is 5.56 Å². The zero-order chi connectivity index (χ0) is 15.1. The van der Waals surface area contributed by atoms with Crippen molar-refractivity contribution >= 4 is 17.7 Å². The van der Waals surface area contributed by atoms with Gasteiger partial charge in [0.2, 0.25) is 0 Å². The molecule has 0 bridgehead atoms. The van der Waals surface area contributed by atoms with Crippen LogP contribution >= 0.6 is 0 Å². The Kier molecular flexibility index (Phi) is 3.31. The lowest BCUT2D eigenvalue weighted by atomic mass is 10.0. The fourth-order valence-corrected chi connectivity index (χ4v) is 3.25. The van der Waals surface area contributed by atoms with Gasteiger partial charge in [-0.3, -0.25) is 9.69 Å². The fraction of sp³-hybridized carbons (Fsp3) is 0.467. The summed E-state index contributed by atoms with van der Waals surface area (Å²) in [5.74, 6) is -1.76. The van der Waals surface area contributed by atoms with Crippen LogP contribution in [-0.4, -0.2) is 41.1 Å². The summed E-state index contributed by atoms with van der Waals surface area (Å²) in [6.07, 6.45) is 1.16. The highest BCUT2D eigenvalue weighted by Crippen LogP contribution is 2.32. The van der Waals surface area contributed by atoms with Gasteiger partial charge in [0.1, 0.15) is 5.82 Å². The van der Waals surface area contributed by atoms with Gasteiger partial charge in [0.05, 0.1) is 11.6 Å². The first-order valence-electron chi connectivity index (χ1n) is 7.08. The smallest absolute Gasteiger partial charge is 0.324 e. The molecule has 2 amide bonds. The number of likely N-dealkylation sites (tertiary alicyclic amines) is 1. The molecule has 0 aromatic heterocycles. The Morgan fingerprint density at radius 3 is 2.76 bits per heavy atom. The minimum atomic E-state index is -0.870. The summed E-state index contributed by atoms with van der Waals surface area (Å²) in [5, 5.41) is 9.14. The van der Waals surface area contributed by atoms with Gasteiger partial charge in [-0.1, -0.05) is 6.07 Å². The predicted octanol–water partition coefficient (Wildman–Crippen LogP) is 2.10. The lowest BCUT2D eigenvalue weighted by Gasteiger charge is -2.29. The third-order valence-corrected chi connectivity index (χ3v) is 4.49. The normalized spacial score (nSPS) is 24.3. The Balaban J connectivity index is 1.82. The van der Waals surface area contributed by atoms with Crippen molar-refractivity contribution in [3.05, 3.63) is 29.6 Å². The van der Waals surface area contributed by atoms with E-state index >= 15 is 0 Å². The van der Waals surface area contributed by atoms with E-state index in [0.29, 0.717) is 31.6 Å². The Hall–Kier alpha value is -2.11. The second-order valence-corrected chi connectivity index (χ2v) is 5.62. The zero-order valence-electron chi connectivity index (χ0n) is 11.8. The number of amides is 2. The lowest BCUT2D eigenvalue weighted by molar-refractivity contribution is -0.142. The van der Waals surface area contributed by atoms with Crippen molar-refractivity contribution in [2.75, 3.05) is 18.0 Å². The molecule has 6 heteroatoms. The molecule has 2 aliphatic rings. The van der Waals surface area contributed by atoms with Gasteiger partial charge in [-0.15, -0.1) is 0 Å². The standard InChI is InChI=1S/C15H17FN2O3/c1-9-12(14(19)20)5-7-17(9)15(21)18-6-4-10-2-3-11(16)8-13(10)18/h2-3,8-9,12H,4-7H2,1H3,(H,19,20). The van der Waals surface area contributed by atoms with Crippen LogP contribution in [0.1, 0.15) is 18.9 Å². The van der Waals surface area contributed by atoms with Gasteiger partial charge in [0, 0.05) is 19.1 Å². The van der Waals surface area contributed by atoms with Crippen LogP contribution < -0.4 is 4.90 Å². The van der Waals surface area contributed by atoms with Gasteiger partial charge < -0.3 is 10.0 Å². The molecule has 0 aliphatic carbocycles. The quantitative estimate of drug-likeness (QED) is 0.862. The second kappa shape index (κ2) is 5.02. The fourth-order valence-electron chi connectivity index (χ4n) is 3.25. The van der Waals surface area contributed by atoms with Crippen LogP contribution in [-0.2, 0) is 11.2 Å². The zero-order valence-corrected chi connectivity index (χ0v) is 11.8. The molecule has 1 fully saturated rings. The van der Waals surface area contributed by atoms with Crippen molar-refractivity contribution in [1.29, 1.82) is 0 Å². The monoisotopic (exact) mass is 292 g/mol. The third kappa shape index (κ3) is 2.24. The van der Waals surface area contributed by atoms with Gasteiger partial charge in [0.15, 0.2) is 0 Å².